The smallest absolute Gasteiger partial charge is 0.119 e. The van der Waals surface area contributed by atoms with Crippen LogP contribution in [0.4, 0.5) is 0 Å². The molecule has 0 aromatic heterocycles. The number of hydrogen-bond donors (Lipinski definition) is 0. The summed E-state index contributed by atoms with van der Waals surface area (Å²) in [6.07, 6.45) is 2.56. The minimum absolute atomic E-state index is 0.752. The van der Waals surface area contributed by atoms with Crippen molar-refractivity contribution in [3.8, 4) is 10.8 Å². The highest BCUT2D eigenvalue weighted by molar-refractivity contribution is 8.03. The van der Waals surface area contributed by atoms with Crippen LogP contribution in [0, 0.1) is 10.8 Å². The molecular formula is C15H30SSi. The van der Waals surface area contributed by atoms with Gasteiger partial charge in [0.25, 0.3) is 0 Å². The van der Waals surface area contributed by atoms with Gasteiger partial charge in [-0.25, -0.2) is 0 Å². The highest BCUT2D eigenvalue weighted by atomic mass is 32.2. The standard InChI is InChI=1S/C15H30SSi/c1-8-9-10-16-11-12-17(13(2)3,14(4)5)15(6)7/h13-15H,8-10H2,1-7H3. The molecule has 0 heterocycles. The van der Waals surface area contributed by atoms with E-state index < -0.39 is 8.07 Å². The van der Waals surface area contributed by atoms with Gasteiger partial charge in [-0.1, -0.05) is 66.6 Å². The van der Waals surface area contributed by atoms with Gasteiger partial charge in [0.1, 0.15) is 8.07 Å². The quantitative estimate of drug-likeness (QED) is 0.339. The normalized spacial score (nSPS) is 12.1. The first-order valence-electron chi connectivity index (χ1n) is 7.03. The molecule has 0 spiro atoms. The highest BCUT2D eigenvalue weighted by Crippen LogP contribution is 2.40. The van der Waals surface area contributed by atoms with Gasteiger partial charge < -0.3 is 0 Å². The number of thioether (sulfide) groups is 1. The molecule has 0 aliphatic heterocycles. The van der Waals surface area contributed by atoms with Crippen LogP contribution in [0.15, 0.2) is 0 Å². The van der Waals surface area contributed by atoms with Crippen molar-refractivity contribution in [3.05, 3.63) is 0 Å². The Bertz CT molecular complexity index is 236. The van der Waals surface area contributed by atoms with Crippen LogP contribution >= 0.6 is 11.8 Å². The summed E-state index contributed by atoms with van der Waals surface area (Å²) in [4.78, 5) is 0. The maximum absolute atomic E-state index is 3.74. The third kappa shape index (κ3) is 4.71. The average Bonchev–Trinajstić information content (AvgIpc) is 2.21. The first kappa shape index (κ1) is 17.1. The second kappa shape index (κ2) is 8.27. The molecule has 0 fully saturated rings. The van der Waals surface area contributed by atoms with E-state index >= 15 is 0 Å². The molecule has 0 amide bonds. The van der Waals surface area contributed by atoms with Crippen LogP contribution in [-0.2, 0) is 0 Å². The minimum Gasteiger partial charge on any atom is -0.119 e. The summed E-state index contributed by atoms with van der Waals surface area (Å²) in [5.41, 5.74) is 6.00. The molecule has 100 valence electrons. The molecule has 0 bridgehead atoms. The SMILES string of the molecule is CCCCSC#C[Si](C(C)C)(C(C)C)C(C)C. The molecule has 0 aromatic rings. The van der Waals surface area contributed by atoms with Crippen LogP contribution in [-0.4, -0.2) is 13.8 Å². The molecule has 2 heteroatoms. The van der Waals surface area contributed by atoms with E-state index in [1.165, 1.54) is 18.6 Å². The maximum Gasteiger partial charge on any atom is 0.147 e. The number of hydrogen-bond acceptors (Lipinski definition) is 1. The summed E-state index contributed by atoms with van der Waals surface area (Å²) < 4.78 is 0. The van der Waals surface area contributed by atoms with E-state index in [0.29, 0.717) is 0 Å². The third-order valence-corrected chi connectivity index (χ3v) is 11.0. The molecule has 0 nitrogen and oxygen atoms in total. The Kier molecular flexibility index (Phi) is 8.33. The van der Waals surface area contributed by atoms with E-state index in [1.54, 1.807) is 0 Å². The zero-order valence-corrected chi connectivity index (χ0v) is 14.6. The predicted molar refractivity (Wildman–Crippen MR) is 86.2 cm³/mol. The summed E-state index contributed by atoms with van der Waals surface area (Å²) in [5, 5.41) is 3.43. The van der Waals surface area contributed by atoms with Crippen molar-refractivity contribution in [1.29, 1.82) is 0 Å². The van der Waals surface area contributed by atoms with Gasteiger partial charge in [-0.15, -0.1) is 5.54 Å². The molecule has 0 aromatic carbocycles. The van der Waals surface area contributed by atoms with Crippen molar-refractivity contribution in [2.45, 2.75) is 77.9 Å². The maximum atomic E-state index is 3.74. The second-order valence-electron chi connectivity index (χ2n) is 5.83. The van der Waals surface area contributed by atoms with E-state index in [1.807, 2.05) is 11.8 Å². The van der Waals surface area contributed by atoms with Crippen LogP contribution in [0.25, 0.3) is 0 Å². The van der Waals surface area contributed by atoms with Crippen molar-refractivity contribution in [2.75, 3.05) is 5.75 Å². The molecular weight excluding hydrogens is 240 g/mol. The molecule has 0 saturated heterocycles. The molecule has 0 radical (unpaired) electrons. The average molecular weight is 271 g/mol. The van der Waals surface area contributed by atoms with Crippen molar-refractivity contribution >= 4 is 19.8 Å². The van der Waals surface area contributed by atoms with Crippen molar-refractivity contribution in [2.24, 2.45) is 0 Å². The Morgan fingerprint density at radius 2 is 1.41 bits per heavy atom. The molecule has 0 rings (SSSR count). The lowest BCUT2D eigenvalue weighted by molar-refractivity contribution is 0.838. The van der Waals surface area contributed by atoms with E-state index in [9.17, 15) is 0 Å². The van der Waals surface area contributed by atoms with Crippen LogP contribution in [0.5, 0.6) is 0 Å². The second-order valence-corrected chi connectivity index (χ2v) is 12.3. The molecule has 17 heavy (non-hydrogen) atoms. The monoisotopic (exact) mass is 270 g/mol. The molecule has 0 saturated carbocycles. The zero-order chi connectivity index (χ0) is 13.5. The van der Waals surface area contributed by atoms with Crippen molar-refractivity contribution in [1.82, 2.24) is 0 Å². The number of unbranched alkanes of at least 4 members (excludes halogenated alkanes) is 1. The molecule has 0 aliphatic rings. The van der Waals surface area contributed by atoms with Gasteiger partial charge in [-0.3, -0.25) is 0 Å². The third-order valence-electron chi connectivity index (χ3n) is 3.81. The fraction of sp³-hybridized carbons (Fsp3) is 0.867. The van der Waals surface area contributed by atoms with Gasteiger partial charge in [-0.05, 0) is 28.3 Å². The highest BCUT2D eigenvalue weighted by Gasteiger charge is 2.41. The van der Waals surface area contributed by atoms with E-state index in [0.717, 1.165) is 16.6 Å². The Morgan fingerprint density at radius 1 is 0.941 bits per heavy atom. The van der Waals surface area contributed by atoms with Crippen LogP contribution in [0.3, 0.4) is 0 Å². The largest absolute Gasteiger partial charge is 0.147 e. The van der Waals surface area contributed by atoms with E-state index in [4.69, 9.17) is 0 Å². The number of rotatable bonds is 6. The predicted octanol–water partition coefficient (Wildman–Crippen LogP) is 5.70. The van der Waals surface area contributed by atoms with Crippen molar-refractivity contribution < 1.29 is 0 Å². The molecule has 0 N–H and O–H groups in total. The van der Waals surface area contributed by atoms with Crippen LogP contribution < -0.4 is 0 Å². The Morgan fingerprint density at radius 3 is 1.76 bits per heavy atom. The first-order chi connectivity index (χ1) is 7.89. The first-order valence-corrected chi connectivity index (χ1v) is 10.2. The van der Waals surface area contributed by atoms with Gasteiger partial charge in [0.05, 0.1) is 0 Å². The minimum atomic E-state index is -1.47. The zero-order valence-electron chi connectivity index (χ0n) is 12.8. The lowest BCUT2D eigenvalue weighted by Gasteiger charge is -2.37. The van der Waals surface area contributed by atoms with Gasteiger partial charge >= 0.3 is 0 Å². The topological polar surface area (TPSA) is 0 Å². The summed E-state index contributed by atoms with van der Waals surface area (Å²) in [6.45, 7) is 16.5. The Balaban J connectivity index is 4.80. The summed E-state index contributed by atoms with van der Waals surface area (Å²) >= 11 is 1.83. The summed E-state index contributed by atoms with van der Waals surface area (Å²) in [5.74, 6) is 1.20. The summed E-state index contributed by atoms with van der Waals surface area (Å²) in [7, 11) is -1.47. The fourth-order valence-corrected chi connectivity index (χ4v) is 9.22. The fourth-order valence-electron chi connectivity index (χ4n) is 2.83. The van der Waals surface area contributed by atoms with Crippen molar-refractivity contribution in [3.63, 3.8) is 0 Å². The Labute approximate surface area is 114 Å². The van der Waals surface area contributed by atoms with E-state index in [2.05, 4.69) is 59.3 Å². The van der Waals surface area contributed by atoms with Gasteiger partial charge in [0.2, 0.25) is 0 Å². The molecule has 0 aliphatic carbocycles. The lowest BCUT2D eigenvalue weighted by atomic mass is 10.4. The van der Waals surface area contributed by atoms with Gasteiger partial charge in [0, 0.05) is 5.75 Å². The summed E-state index contributed by atoms with van der Waals surface area (Å²) in [6, 6.07) is 0. The lowest BCUT2D eigenvalue weighted by Crippen LogP contribution is -2.43. The van der Waals surface area contributed by atoms with Crippen LogP contribution in [0.2, 0.25) is 16.6 Å². The molecule has 0 unspecified atom stereocenters. The van der Waals surface area contributed by atoms with E-state index in [-0.39, 0.29) is 0 Å². The Hall–Kier alpha value is 0.127. The van der Waals surface area contributed by atoms with Gasteiger partial charge in [0.15, 0.2) is 0 Å². The van der Waals surface area contributed by atoms with Gasteiger partial charge in [-0.2, -0.15) is 0 Å². The van der Waals surface area contributed by atoms with Crippen LogP contribution in [0.1, 0.15) is 61.3 Å². The molecule has 0 atom stereocenters.